The summed E-state index contributed by atoms with van der Waals surface area (Å²) in [5.74, 6) is 0.00719. The van der Waals surface area contributed by atoms with Gasteiger partial charge in [0.15, 0.2) is 0 Å². The third-order valence-electron chi connectivity index (χ3n) is 5.00. The maximum absolute atomic E-state index is 13.0. The first-order valence-electron chi connectivity index (χ1n) is 9.83. The topological polar surface area (TPSA) is 64.0 Å². The van der Waals surface area contributed by atoms with Crippen LogP contribution in [0, 0.1) is 6.92 Å². The van der Waals surface area contributed by atoms with Gasteiger partial charge < -0.3 is 5.32 Å². The zero-order valence-corrected chi connectivity index (χ0v) is 17.2. The van der Waals surface area contributed by atoms with Crippen LogP contribution in [-0.4, -0.2) is 22.2 Å². The van der Waals surface area contributed by atoms with Crippen molar-refractivity contribution in [3.8, 4) is 0 Å². The van der Waals surface area contributed by atoms with Crippen molar-refractivity contribution in [1.82, 2.24) is 15.1 Å². The van der Waals surface area contributed by atoms with Gasteiger partial charge in [0.05, 0.1) is 15.8 Å². The Balaban J connectivity index is 1.38. The number of hydrogen-bond acceptors (Lipinski definition) is 4. The molecule has 5 nitrogen and oxygen atoms in total. The highest BCUT2D eigenvalue weighted by molar-refractivity contribution is 7.26. The molecule has 4 rings (SSSR count). The van der Waals surface area contributed by atoms with E-state index in [4.69, 9.17) is 0 Å². The van der Waals surface area contributed by atoms with Crippen LogP contribution in [0.3, 0.4) is 0 Å². The molecule has 0 aliphatic rings. The number of rotatable bonds is 7. The molecule has 0 spiro atoms. The molecule has 0 aliphatic heterocycles. The second-order valence-electron chi connectivity index (χ2n) is 7.11. The van der Waals surface area contributed by atoms with E-state index in [2.05, 4.69) is 22.5 Å². The maximum atomic E-state index is 13.0. The summed E-state index contributed by atoms with van der Waals surface area (Å²) in [7, 11) is 0. The number of carbonyl (C=O) groups is 1. The molecule has 0 saturated carbocycles. The summed E-state index contributed by atoms with van der Waals surface area (Å²) in [5, 5.41) is 9.15. The molecule has 0 radical (unpaired) electrons. The van der Waals surface area contributed by atoms with Crippen molar-refractivity contribution < 1.29 is 4.79 Å². The average Bonchev–Trinajstić information content (AvgIpc) is 3.13. The molecule has 2 aromatic carbocycles. The zero-order valence-electron chi connectivity index (χ0n) is 16.4. The molecule has 0 saturated heterocycles. The fourth-order valence-electron chi connectivity index (χ4n) is 3.53. The normalized spacial score (nSPS) is 11.2. The number of amides is 1. The molecule has 2 heterocycles. The SMILES string of the molecule is Cc1nn(CCCC(=O)NCCc2ccccc2)c(=O)c2c1sc1ccccc12. The van der Waals surface area contributed by atoms with Gasteiger partial charge in [0.2, 0.25) is 5.91 Å². The molecule has 0 atom stereocenters. The first-order chi connectivity index (χ1) is 14.1. The van der Waals surface area contributed by atoms with E-state index in [1.54, 1.807) is 11.3 Å². The lowest BCUT2D eigenvalue weighted by atomic mass is 10.1. The van der Waals surface area contributed by atoms with Gasteiger partial charge in [0, 0.05) is 29.6 Å². The molecule has 4 aromatic rings. The quantitative estimate of drug-likeness (QED) is 0.504. The Labute approximate surface area is 173 Å². The minimum absolute atomic E-state index is 0.00719. The summed E-state index contributed by atoms with van der Waals surface area (Å²) in [5.41, 5.74) is 1.98. The number of benzene rings is 2. The van der Waals surface area contributed by atoms with Gasteiger partial charge in [-0.3, -0.25) is 9.59 Å². The molecule has 1 N–H and O–H groups in total. The molecule has 148 valence electrons. The van der Waals surface area contributed by atoms with E-state index < -0.39 is 0 Å². The molecule has 6 heteroatoms. The van der Waals surface area contributed by atoms with Gasteiger partial charge in [-0.05, 0) is 31.4 Å². The van der Waals surface area contributed by atoms with Crippen LogP contribution < -0.4 is 10.9 Å². The second-order valence-corrected chi connectivity index (χ2v) is 8.16. The summed E-state index contributed by atoms with van der Waals surface area (Å²) in [4.78, 5) is 25.1. The highest BCUT2D eigenvalue weighted by Gasteiger charge is 2.14. The molecular formula is C23H23N3O2S. The lowest BCUT2D eigenvalue weighted by Gasteiger charge is -2.08. The number of carbonyl (C=O) groups excluding carboxylic acids is 1. The fraction of sp³-hybridized carbons (Fsp3) is 0.261. The van der Waals surface area contributed by atoms with Crippen LogP contribution in [0.1, 0.15) is 24.1 Å². The predicted octanol–water partition coefficient (Wildman–Crippen LogP) is 4.06. The third kappa shape index (κ3) is 4.22. The molecular weight excluding hydrogens is 382 g/mol. The third-order valence-corrected chi connectivity index (χ3v) is 6.28. The largest absolute Gasteiger partial charge is 0.356 e. The minimum atomic E-state index is -0.0764. The summed E-state index contributed by atoms with van der Waals surface area (Å²) < 4.78 is 3.56. The Kier molecular flexibility index (Phi) is 5.71. The van der Waals surface area contributed by atoms with E-state index in [-0.39, 0.29) is 11.5 Å². The Morgan fingerprint density at radius 2 is 1.86 bits per heavy atom. The Morgan fingerprint density at radius 3 is 2.69 bits per heavy atom. The number of fused-ring (bicyclic) bond motifs is 3. The number of nitrogens with zero attached hydrogens (tertiary/aromatic N) is 2. The van der Waals surface area contributed by atoms with Crippen molar-refractivity contribution in [3.05, 3.63) is 76.2 Å². The van der Waals surface area contributed by atoms with Gasteiger partial charge in [-0.2, -0.15) is 5.10 Å². The average molecular weight is 406 g/mol. The van der Waals surface area contributed by atoms with Crippen molar-refractivity contribution in [2.75, 3.05) is 6.54 Å². The van der Waals surface area contributed by atoms with Crippen molar-refractivity contribution >= 4 is 37.4 Å². The molecule has 0 fully saturated rings. The number of aromatic nitrogens is 2. The molecule has 0 unspecified atom stereocenters. The Hall–Kier alpha value is -2.99. The summed E-state index contributed by atoms with van der Waals surface area (Å²) in [6, 6.07) is 18.0. The van der Waals surface area contributed by atoms with E-state index in [1.807, 2.05) is 49.4 Å². The highest BCUT2D eigenvalue weighted by Crippen LogP contribution is 2.32. The number of hydrogen-bond donors (Lipinski definition) is 1. The first-order valence-corrected chi connectivity index (χ1v) is 10.6. The lowest BCUT2D eigenvalue weighted by molar-refractivity contribution is -0.121. The van der Waals surface area contributed by atoms with E-state index in [9.17, 15) is 9.59 Å². The van der Waals surface area contributed by atoms with Crippen molar-refractivity contribution in [2.24, 2.45) is 0 Å². The maximum Gasteiger partial charge on any atom is 0.276 e. The summed E-state index contributed by atoms with van der Waals surface area (Å²) in [6.07, 6.45) is 1.77. The molecule has 0 aliphatic carbocycles. The monoisotopic (exact) mass is 405 g/mol. The Bertz CT molecular complexity index is 1210. The number of thiophene rings is 1. The Morgan fingerprint density at radius 1 is 1.10 bits per heavy atom. The first kappa shape index (κ1) is 19.3. The van der Waals surface area contributed by atoms with Gasteiger partial charge in [-0.25, -0.2) is 4.68 Å². The summed E-state index contributed by atoms with van der Waals surface area (Å²) >= 11 is 1.61. The number of aryl methyl sites for hydroxylation is 2. The standard InChI is InChI=1S/C23H23N3O2S/c1-16-22-21(18-10-5-6-11-19(18)29-22)23(28)26(25-16)15-7-12-20(27)24-14-13-17-8-3-2-4-9-17/h2-6,8-11H,7,12-15H2,1H3,(H,24,27). The van der Waals surface area contributed by atoms with Gasteiger partial charge >= 0.3 is 0 Å². The molecule has 29 heavy (non-hydrogen) atoms. The van der Waals surface area contributed by atoms with E-state index in [1.165, 1.54) is 10.2 Å². The van der Waals surface area contributed by atoms with Crippen LogP contribution in [0.4, 0.5) is 0 Å². The van der Waals surface area contributed by atoms with E-state index in [0.29, 0.717) is 25.9 Å². The van der Waals surface area contributed by atoms with Crippen LogP contribution in [0.5, 0.6) is 0 Å². The minimum Gasteiger partial charge on any atom is -0.356 e. The van der Waals surface area contributed by atoms with Crippen molar-refractivity contribution in [3.63, 3.8) is 0 Å². The van der Waals surface area contributed by atoms with Crippen LogP contribution in [0.25, 0.3) is 20.2 Å². The lowest BCUT2D eigenvalue weighted by Crippen LogP contribution is -2.27. The van der Waals surface area contributed by atoms with Crippen molar-refractivity contribution in [2.45, 2.75) is 32.7 Å². The molecule has 2 aromatic heterocycles. The predicted molar refractivity (Wildman–Crippen MR) is 119 cm³/mol. The smallest absolute Gasteiger partial charge is 0.276 e. The van der Waals surface area contributed by atoms with E-state index >= 15 is 0 Å². The fourth-order valence-corrected chi connectivity index (χ4v) is 4.67. The summed E-state index contributed by atoms with van der Waals surface area (Å²) in [6.45, 7) is 2.99. The highest BCUT2D eigenvalue weighted by atomic mass is 32.1. The van der Waals surface area contributed by atoms with Crippen molar-refractivity contribution in [1.29, 1.82) is 0 Å². The van der Waals surface area contributed by atoms with Gasteiger partial charge in [0.25, 0.3) is 5.56 Å². The van der Waals surface area contributed by atoms with Gasteiger partial charge in [-0.1, -0.05) is 48.5 Å². The second kappa shape index (κ2) is 8.57. The van der Waals surface area contributed by atoms with Gasteiger partial charge in [0.1, 0.15) is 0 Å². The van der Waals surface area contributed by atoms with Gasteiger partial charge in [-0.15, -0.1) is 11.3 Å². The van der Waals surface area contributed by atoms with Crippen LogP contribution in [0.2, 0.25) is 0 Å². The molecule has 1 amide bonds. The number of nitrogens with one attached hydrogen (secondary N) is 1. The van der Waals surface area contributed by atoms with Crippen LogP contribution >= 0.6 is 11.3 Å². The van der Waals surface area contributed by atoms with E-state index in [0.717, 1.165) is 32.3 Å². The van der Waals surface area contributed by atoms with Crippen LogP contribution in [0.15, 0.2) is 59.4 Å². The zero-order chi connectivity index (χ0) is 20.2. The molecule has 0 bridgehead atoms. The van der Waals surface area contributed by atoms with Crippen LogP contribution in [-0.2, 0) is 17.8 Å².